The molecule has 9 aromatic rings. The third-order valence-corrected chi connectivity index (χ3v) is 12.5. The highest BCUT2D eigenvalue weighted by molar-refractivity contribution is 6.14. The van der Waals surface area contributed by atoms with Crippen LogP contribution in [-0.2, 0) is 10.8 Å². The maximum Gasteiger partial charge on any atom is 0.159 e. The van der Waals surface area contributed by atoms with Crippen molar-refractivity contribution in [2.45, 2.75) is 38.5 Å². The van der Waals surface area contributed by atoms with Crippen molar-refractivity contribution < 1.29 is 4.42 Å². The van der Waals surface area contributed by atoms with Crippen LogP contribution in [0.4, 0.5) is 17.1 Å². The van der Waals surface area contributed by atoms with E-state index >= 15 is 0 Å². The molecule has 0 fully saturated rings. The van der Waals surface area contributed by atoms with Crippen LogP contribution in [0.3, 0.4) is 0 Å². The number of rotatable bonds is 4. The van der Waals surface area contributed by atoms with Gasteiger partial charge in [0.15, 0.2) is 5.58 Å². The van der Waals surface area contributed by atoms with Crippen LogP contribution < -0.4 is 4.90 Å². The summed E-state index contributed by atoms with van der Waals surface area (Å²) in [7, 11) is 0. The number of hydrogen-bond acceptors (Lipinski definition) is 2. The molecule has 1 heterocycles. The predicted molar refractivity (Wildman–Crippen MR) is 226 cm³/mol. The zero-order chi connectivity index (χ0) is 36.3. The Morgan fingerprint density at radius 1 is 0.407 bits per heavy atom. The van der Waals surface area contributed by atoms with Gasteiger partial charge in [-0.05, 0) is 103 Å². The fraction of sp³-hybridized carbons (Fsp3) is 0.115. The average molecular weight is 694 g/mol. The van der Waals surface area contributed by atoms with E-state index < -0.39 is 0 Å². The van der Waals surface area contributed by atoms with Crippen molar-refractivity contribution >= 4 is 49.8 Å². The molecule has 11 rings (SSSR count). The Hall–Kier alpha value is -6.38. The predicted octanol–water partition coefficient (Wildman–Crippen LogP) is 14.5. The Bertz CT molecular complexity index is 3000. The van der Waals surface area contributed by atoms with Crippen molar-refractivity contribution in [3.05, 3.63) is 186 Å². The number of fused-ring (bicyclic) bond motifs is 8. The first-order valence-corrected chi connectivity index (χ1v) is 19.0. The zero-order valence-corrected chi connectivity index (χ0v) is 30.9. The summed E-state index contributed by atoms with van der Waals surface area (Å²) in [6.07, 6.45) is 0. The molecule has 0 saturated carbocycles. The van der Waals surface area contributed by atoms with Gasteiger partial charge in [-0.3, -0.25) is 0 Å². The molecule has 1 aromatic heterocycles. The molecule has 54 heavy (non-hydrogen) atoms. The van der Waals surface area contributed by atoms with Gasteiger partial charge in [0.1, 0.15) is 5.58 Å². The van der Waals surface area contributed by atoms with E-state index in [4.69, 9.17) is 4.42 Å². The number of hydrogen-bond donors (Lipinski definition) is 0. The van der Waals surface area contributed by atoms with Gasteiger partial charge in [-0.1, -0.05) is 149 Å². The van der Waals surface area contributed by atoms with Crippen LogP contribution in [0, 0.1) is 0 Å². The molecule has 2 aliphatic rings. The second-order valence-electron chi connectivity index (χ2n) is 16.1. The van der Waals surface area contributed by atoms with E-state index in [1.165, 1.54) is 66.4 Å². The smallest absolute Gasteiger partial charge is 0.159 e. The normalized spacial score (nSPS) is 14.6. The topological polar surface area (TPSA) is 16.4 Å². The van der Waals surface area contributed by atoms with Gasteiger partial charge in [-0.2, -0.15) is 0 Å². The minimum absolute atomic E-state index is 0.0764. The monoisotopic (exact) mass is 693 g/mol. The van der Waals surface area contributed by atoms with Crippen LogP contribution in [0.15, 0.2) is 168 Å². The van der Waals surface area contributed by atoms with Crippen LogP contribution in [0.2, 0.25) is 0 Å². The molecule has 2 nitrogen and oxygen atoms in total. The van der Waals surface area contributed by atoms with Crippen molar-refractivity contribution in [3.63, 3.8) is 0 Å². The first-order chi connectivity index (χ1) is 26.3. The second-order valence-corrected chi connectivity index (χ2v) is 16.1. The Morgan fingerprint density at radius 3 is 1.89 bits per heavy atom. The largest absolute Gasteiger partial charge is 0.454 e. The summed E-state index contributed by atoms with van der Waals surface area (Å²) in [6, 6.07) is 60.1. The third kappa shape index (κ3) is 4.23. The Labute approximate surface area is 315 Å². The highest BCUT2D eigenvalue weighted by atomic mass is 16.3. The summed E-state index contributed by atoms with van der Waals surface area (Å²) >= 11 is 0. The fourth-order valence-corrected chi connectivity index (χ4v) is 9.74. The summed E-state index contributed by atoms with van der Waals surface area (Å²) in [5, 5.41) is 4.79. The van der Waals surface area contributed by atoms with Crippen LogP contribution in [0.25, 0.3) is 66.1 Å². The van der Waals surface area contributed by atoms with Gasteiger partial charge in [0.2, 0.25) is 0 Å². The molecular weight excluding hydrogens is 655 g/mol. The molecule has 0 unspecified atom stereocenters. The van der Waals surface area contributed by atoms with E-state index in [1.54, 1.807) is 0 Å². The van der Waals surface area contributed by atoms with Gasteiger partial charge in [0, 0.05) is 32.7 Å². The fourth-order valence-electron chi connectivity index (χ4n) is 9.74. The number of nitrogens with zero attached hydrogens (tertiary/aromatic N) is 1. The van der Waals surface area contributed by atoms with Crippen LogP contribution >= 0.6 is 0 Å². The zero-order valence-electron chi connectivity index (χ0n) is 30.9. The van der Waals surface area contributed by atoms with Gasteiger partial charge >= 0.3 is 0 Å². The molecule has 2 heteroatoms. The van der Waals surface area contributed by atoms with Crippen molar-refractivity contribution in [1.82, 2.24) is 0 Å². The molecule has 0 atom stereocenters. The standard InChI is InChI=1S/C52H39NO/c1-51(2)42-23-10-8-19-35(42)40-30-45-41(31-44(40)51)37-27-28-46(39-22-13-24-43(49(37)39)52(45,3)4)53(34-18-12-17-33(29-34)32-15-6-5-7-16-32)47-25-14-21-38-36-20-9-11-26-48(36)54-50(38)47/h5-31H,1-4H3. The van der Waals surface area contributed by atoms with Crippen molar-refractivity contribution in [2.24, 2.45) is 0 Å². The number of anilines is 3. The minimum Gasteiger partial charge on any atom is -0.454 e. The lowest BCUT2D eigenvalue weighted by molar-refractivity contribution is 0.639. The lowest BCUT2D eigenvalue weighted by atomic mass is 9.67. The van der Waals surface area contributed by atoms with Crippen LogP contribution in [-0.4, -0.2) is 0 Å². The Morgan fingerprint density at radius 2 is 1.04 bits per heavy atom. The van der Waals surface area contributed by atoms with Gasteiger partial charge in [-0.15, -0.1) is 0 Å². The molecule has 0 radical (unpaired) electrons. The lowest BCUT2D eigenvalue weighted by Gasteiger charge is -2.37. The van der Waals surface area contributed by atoms with Gasteiger partial charge in [0.25, 0.3) is 0 Å². The molecule has 0 spiro atoms. The number of benzene rings is 8. The SMILES string of the molecule is CC1(C)c2ccccc2-c2cc3c(cc21)-c1ccc(N(c2cccc(-c4ccccc4)c2)c2cccc4c2oc2ccccc24)c2cccc(c12)C3(C)C. The molecule has 8 aromatic carbocycles. The van der Waals surface area contributed by atoms with E-state index in [2.05, 4.69) is 190 Å². The van der Waals surface area contributed by atoms with Crippen LogP contribution in [0.5, 0.6) is 0 Å². The van der Waals surface area contributed by atoms with Crippen molar-refractivity contribution in [3.8, 4) is 33.4 Å². The third-order valence-electron chi connectivity index (χ3n) is 12.5. The average Bonchev–Trinajstić information content (AvgIpc) is 3.70. The maximum atomic E-state index is 6.74. The molecule has 258 valence electrons. The van der Waals surface area contributed by atoms with E-state index in [9.17, 15) is 0 Å². The summed E-state index contributed by atoms with van der Waals surface area (Å²) in [4.78, 5) is 2.42. The molecular formula is C52H39NO. The highest BCUT2D eigenvalue weighted by Gasteiger charge is 2.40. The lowest BCUT2D eigenvalue weighted by Crippen LogP contribution is -2.25. The van der Waals surface area contributed by atoms with E-state index in [0.29, 0.717) is 0 Å². The van der Waals surface area contributed by atoms with Crippen molar-refractivity contribution in [2.75, 3.05) is 4.90 Å². The Kier molecular flexibility index (Phi) is 6.39. The quantitative estimate of drug-likeness (QED) is 0.182. The van der Waals surface area contributed by atoms with Crippen LogP contribution in [0.1, 0.15) is 49.9 Å². The number of para-hydroxylation sites is 2. The van der Waals surface area contributed by atoms with Gasteiger partial charge in [-0.25, -0.2) is 0 Å². The summed E-state index contributed by atoms with van der Waals surface area (Å²) < 4.78 is 6.74. The van der Waals surface area contributed by atoms with Gasteiger partial charge in [0.05, 0.1) is 11.4 Å². The molecule has 0 amide bonds. The summed E-state index contributed by atoms with van der Waals surface area (Å²) in [6.45, 7) is 9.57. The molecule has 0 bridgehead atoms. The highest BCUT2D eigenvalue weighted by Crippen LogP contribution is 2.57. The first kappa shape index (κ1) is 31.2. The van der Waals surface area contributed by atoms with E-state index in [0.717, 1.165) is 39.0 Å². The minimum atomic E-state index is -0.214. The van der Waals surface area contributed by atoms with E-state index in [1.807, 2.05) is 6.07 Å². The molecule has 0 aliphatic heterocycles. The first-order valence-electron chi connectivity index (χ1n) is 19.0. The molecule has 0 saturated heterocycles. The Balaban J connectivity index is 1.19. The van der Waals surface area contributed by atoms with Gasteiger partial charge < -0.3 is 9.32 Å². The summed E-state index contributed by atoms with van der Waals surface area (Å²) in [5.41, 5.74) is 18.0. The van der Waals surface area contributed by atoms with Crippen molar-refractivity contribution in [1.29, 1.82) is 0 Å². The summed E-state index contributed by atoms with van der Waals surface area (Å²) in [5.74, 6) is 0. The second kappa shape index (κ2) is 11.1. The molecule has 0 N–H and O–H groups in total. The number of furan rings is 1. The molecule has 2 aliphatic carbocycles. The maximum absolute atomic E-state index is 6.74. The van der Waals surface area contributed by atoms with E-state index in [-0.39, 0.29) is 10.8 Å².